The Bertz CT molecular complexity index is 565. The highest BCUT2D eigenvalue weighted by atomic mass is 35.5. The third-order valence-corrected chi connectivity index (χ3v) is 3.71. The molecule has 2 rings (SSSR count). The fourth-order valence-corrected chi connectivity index (χ4v) is 2.16. The Morgan fingerprint density at radius 2 is 2.10 bits per heavy atom. The lowest BCUT2D eigenvalue weighted by Gasteiger charge is -2.16. The minimum atomic E-state index is -0.933. The molecule has 0 bridgehead atoms. The Morgan fingerprint density at radius 1 is 1.40 bits per heavy atom. The maximum atomic E-state index is 12.3. The minimum Gasteiger partial charge on any atom is -0.352 e. The molecule has 0 aliphatic heterocycles. The Balaban J connectivity index is 2.10. The third-order valence-electron chi connectivity index (χ3n) is 3.47. The van der Waals surface area contributed by atoms with Crippen molar-refractivity contribution in [1.29, 1.82) is 0 Å². The first-order valence-corrected chi connectivity index (χ1v) is 6.84. The standard InChI is InChI=1S/C15H17ClN2O2/c1-3-8-17-13(19)15(6-7-15)14(20)18-12-9-11(16)5-4-10(12)2/h3-5,9H,1,6-8H2,2H3,(H,17,19)(H,18,20). The molecule has 0 radical (unpaired) electrons. The zero-order valence-corrected chi connectivity index (χ0v) is 12.1. The van der Waals surface area contributed by atoms with Crippen molar-refractivity contribution in [2.45, 2.75) is 19.8 Å². The molecule has 0 saturated heterocycles. The summed E-state index contributed by atoms with van der Waals surface area (Å²) in [6.45, 7) is 5.78. The number of hydrogen-bond acceptors (Lipinski definition) is 2. The van der Waals surface area contributed by atoms with Gasteiger partial charge in [0.25, 0.3) is 0 Å². The van der Waals surface area contributed by atoms with E-state index in [1.165, 1.54) is 0 Å². The summed E-state index contributed by atoms with van der Waals surface area (Å²) < 4.78 is 0. The minimum absolute atomic E-state index is 0.241. The average molecular weight is 293 g/mol. The van der Waals surface area contributed by atoms with Crippen LogP contribution < -0.4 is 10.6 Å². The van der Waals surface area contributed by atoms with Crippen LogP contribution in [0.2, 0.25) is 5.02 Å². The number of carbonyl (C=O) groups is 2. The van der Waals surface area contributed by atoms with Crippen LogP contribution in [0.1, 0.15) is 18.4 Å². The fourth-order valence-electron chi connectivity index (χ4n) is 1.99. The van der Waals surface area contributed by atoms with E-state index in [-0.39, 0.29) is 11.8 Å². The summed E-state index contributed by atoms with van der Waals surface area (Å²) in [4.78, 5) is 24.3. The van der Waals surface area contributed by atoms with E-state index in [9.17, 15) is 9.59 Å². The number of benzene rings is 1. The van der Waals surface area contributed by atoms with Gasteiger partial charge >= 0.3 is 0 Å². The summed E-state index contributed by atoms with van der Waals surface area (Å²) in [5.74, 6) is -0.515. The van der Waals surface area contributed by atoms with E-state index in [2.05, 4.69) is 17.2 Å². The molecule has 0 aromatic heterocycles. The summed E-state index contributed by atoms with van der Waals surface area (Å²) in [6, 6.07) is 5.28. The number of carbonyl (C=O) groups excluding carboxylic acids is 2. The summed E-state index contributed by atoms with van der Waals surface area (Å²) in [5.41, 5.74) is 0.618. The Kier molecular flexibility index (Phi) is 4.14. The molecule has 1 aliphatic rings. The molecule has 0 spiro atoms. The Labute approximate surface area is 123 Å². The van der Waals surface area contributed by atoms with Crippen LogP contribution in [0, 0.1) is 12.3 Å². The van der Waals surface area contributed by atoms with Gasteiger partial charge in [-0.1, -0.05) is 23.7 Å². The van der Waals surface area contributed by atoms with Crippen molar-refractivity contribution in [2.75, 3.05) is 11.9 Å². The molecule has 1 aliphatic carbocycles. The second-order valence-corrected chi connectivity index (χ2v) is 5.43. The highest BCUT2D eigenvalue weighted by molar-refractivity contribution is 6.31. The number of halogens is 1. The van der Waals surface area contributed by atoms with Crippen molar-refractivity contribution in [3.8, 4) is 0 Å². The zero-order chi connectivity index (χ0) is 14.8. The van der Waals surface area contributed by atoms with Crippen molar-refractivity contribution >= 4 is 29.1 Å². The molecule has 1 saturated carbocycles. The summed E-state index contributed by atoms with van der Waals surface area (Å²) in [7, 11) is 0. The summed E-state index contributed by atoms with van der Waals surface area (Å²) in [6.07, 6.45) is 2.73. The van der Waals surface area contributed by atoms with Gasteiger partial charge < -0.3 is 10.6 Å². The van der Waals surface area contributed by atoms with Gasteiger partial charge in [-0.15, -0.1) is 6.58 Å². The molecule has 0 heterocycles. The van der Waals surface area contributed by atoms with Crippen molar-refractivity contribution in [1.82, 2.24) is 5.32 Å². The van der Waals surface area contributed by atoms with Gasteiger partial charge in [0.2, 0.25) is 11.8 Å². The van der Waals surface area contributed by atoms with E-state index in [1.54, 1.807) is 18.2 Å². The first-order chi connectivity index (χ1) is 9.49. The second kappa shape index (κ2) is 5.67. The van der Waals surface area contributed by atoms with Gasteiger partial charge in [-0.05, 0) is 37.5 Å². The molecule has 0 atom stereocenters. The fraction of sp³-hybridized carbons (Fsp3) is 0.333. The molecule has 4 nitrogen and oxygen atoms in total. The van der Waals surface area contributed by atoms with Crippen LogP contribution in [0.15, 0.2) is 30.9 Å². The molecule has 1 fully saturated rings. The maximum Gasteiger partial charge on any atom is 0.240 e. The van der Waals surface area contributed by atoms with Crippen molar-refractivity contribution in [2.24, 2.45) is 5.41 Å². The van der Waals surface area contributed by atoms with Gasteiger partial charge in [-0.2, -0.15) is 0 Å². The predicted molar refractivity (Wildman–Crippen MR) is 79.7 cm³/mol. The molecule has 20 heavy (non-hydrogen) atoms. The third kappa shape index (κ3) is 2.85. The van der Waals surface area contributed by atoms with Crippen LogP contribution in [-0.2, 0) is 9.59 Å². The molecule has 0 unspecified atom stereocenters. The van der Waals surface area contributed by atoms with Crippen molar-refractivity contribution < 1.29 is 9.59 Å². The molecule has 106 valence electrons. The lowest BCUT2D eigenvalue weighted by Crippen LogP contribution is -2.40. The van der Waals surface area contributed by atoms with Crippen LogP contribution in [0.4, 0.5) is 5.69 Å². The number of rotatable bonds is 5. The van der Waals surface area contributed by atoms with Gasteiger partial charge in [0, 0.05) is 17.3 Å². The lowest BCUT2D eigenvalue weighted by atomic mass is 10.0. The summed E-state index contributed by atoms with van der Waals surface area (Å²) >= 11 is 5.92. The topological polar surface area (TPSA) is 58.2 Å². The Morgan fingerprint density at radius 3 is 2.70 bits per heavy atom. The van der Waals surface area contributed by atoms with Crippen LogP contribution in [0.5, 0.6) is 0 Å². The Hall–Kier alpha value is -1.81. The van der Waals surface area contributed by atoms with Crippen LogP contribution in [0.25, 0.3) is 0 Å². The largest absolute Gasteiger partial charge is 0.352 e. The molecular weight excluding hydrogens is 276 g/mol. The lowest BCUT2D eigenvalue weighted by molar-refractivity contribution is -0.134. The first-order valence-electron chi connectivity index (χ1n) is 6.46. The number of aryl methyl sites for hydroxylation is 1. The van der Waals surface area contributed by atoms with Crippen molar-refractivity contribution in [3.63, 3.8) is 0 Å². The molecule has 2 N–H and O–H groups in total. The van der Waals surface area contributed by atoms with Gasteiger partial charge in [-0.25, -0.2) is 0 Å². The molecule has 2 amide bonds. The quantitative estimate of drug-likeness (QED) is 0.647. The molecular formula is C15H17ClN2O2. The SMILES string of the molecule is C=CCNC(=O)C1(C(=O)Nc2cc(Cl)ccc2C)CC1. The molecule has 5 heteroatoms. The van der Waals surface area contributed by atoms with Gasteiger partial charge in [-0.3, -0.25) is 9.59 Å². The predicted octanol–water partition coefficient (Wildman–Crippen LogP) is 2.67. The van der Waals surface area contributed by atoms with Crippen LogP contribution in [-0.4, -0.2) is 18.4 Å². The van der Waals surface area contributed by atoms with E-state index < -0.39 is 5.41 Å². The number of amides is 2. The summed E-state index contributed by atoms with van der Waals surface area (Å²) in [5, 5.41) is 6.03. The second-order valence-electron chi connectivity index (χ2n) is 4.99. The number of anilines is 1. The van der Waals surface area contributed by atoms with Gasteiger partial charge in [0.15, 0.2) is 0 Å². The van der Waals surface area contributed by atoms with Gasteiger partial charge in [0.1, 0.15) is 5.41 Å². The van der Waals surface area contributed by atoms with Gasteiger partial charge in [0.05, 0.1) is 0 Å². The van der Waals surface area contributed by atoms with E-state index in [4.69, 9.17) is 11.6 Å². The normalized spacial score (nSPS) is 15.3. The maximum absolute atomic E-state index is 12.3. The highest BCUT2D eigenvalue weighted by Gasteiger charge is 2.56. The number of hydrogen-bond donors (Lipinski definition) is 2. The zero-order valence-electron chi connectivity index (χ0n) is 11.3. The smallest absolute Gasteiger partial charge is 0.240 e. The monoisotopic (exact) mass is 292 g/mol. The van der Waals surface area contributed by atoms with Crippen LogP contribution >= 0.6 is 11.6 Å². The number of nitrogens with one attached hydrogen (secondary N) is 2. The van der Waals surface area contributed by atoms with E-state index in [1.807, 2.05) is 13.0 Å². The first kappa shape index (κ1) is 14.6. The van der Waals surface area contributed by atoms with E-state index in [0.29, 0.717) is 30.1 Å². The van der Waals surface area contributed by atoms with E-state index >= 15 is 0 Å². The van der Waals surface area contributed by atoms with E-state index in [0.717, 1.165) is 5.56 Å². The van der Waals surface area contributed by atoms with Crippen molar-refractivity contribution in [3.05, 3.63) is 41.4 Å². The average Bonchev–Trinajstić information content (AvgIpc) is 3.21. The molecule has 1 aromatic rings. The molecule has 1 aromatic carbocycles. The van der Waals surface area contributed by atoms with Crippen LogP contribution in [0.3, 0.4) is 0 Å². The highest BCUT2D eigenvalue weighted by Crippen LogP contribution is 2.47.